The number of thiophene rings is 1. The summed E-state index contributed by atoms with van der Waals surface area (Å²) in [5.41, 5.74) is 6.51. The van der Waals surface area contributed by atoms with Gasteiger partial charge in [0.15, 0.2) is 0 Å². The summed E-state index contributed by atoms with van der Waals surface area (Å²) in [5, 5.41) is 4.48. The Morgan fingerprint density at radius 1 is 1.74 bits per heavy atom. The highest BCUT2D eigenvalue weighted by molar-refractivity contribution is 8.00. The standard InChI is InChI=1S/C13H19N3OS2/c1-3-4-15-13(17)12-10(14)7-11(19-12)16-5-6-18-9(2)8-16/h3,7,9H,1,4-6,8,14H2,2H3,(H,15,17). The zero-order chi connectivity index (χ0) is 13.8. The van der Waals surface area contributed by atoms with E-state index in [2.05, 4.69) is 23.7 Å². The first-order valence-electron chi connectivity index (χ1n) is 6.26. The van der Waals surface area contributed by atoms with Crippen molar-refractivity contribution in [1.29, 1.82) is 0 Å². The molecule has 0 aliphatic carbocycles. The van der Waals surface area contributed by atoms with Gasteiger partial charge in [0, 0.05) is 30.6 Å². The molecule has 1 atom stereocenters. The molecule has 1 fully saturated rings. The Kier molecular flexibility index (Phi) is 4.76. The van der Waals surface area contributed by atoms with Crippen LogP contribution in [-0.2, 0) is 0 Å². The van der Waals surface area contributed by atoms with Crippen LogP contribution in [0.5, 0.6) is 0 Å². The van der Waals surface area contributed by atoms with E-state index in [1.807, 2.05) is 17.8 Å². The van der Waals surface area contributed by atoms with Crippen molar-refractivity contribution in [2.75, 3.05) is 36.0 Å². The van der Waals surface area contributed by atoms with Crippen LogP contribution in [-0.4, -0.2) is 36.5 Å². The van der Waals surface area contributed by atoms with Gasteiger partial charge in [-0.3, -0.25) is 4.79 Å². The smallest absolute Gasteiger partial charge is 0.263 e. The number of carbonyl (C=O) groups excluding carboxylic acids is 1. The normalized spacial score (nSPS) is 19.2. The summed E-state index contributed by atoms with van der Waals surface area (Å²) in [7, 11) is 0. The van der Waals surface area contributed by atoms with E-state index in [4.69, 9.17) is 5.73 Å². The predicted octanol–water partition coefficient (Wildman–Crippen LogP) is 2.19. The maximum absolute atomic E-state index is 11.9. The average Bonchev–Trinajstić information content (AvgIpc) is 2.78. The molecule has 0 aromatic carbocycles. The summed E-state index contributed by atoms with van der Waals surface area (Å²) in [6.07, 6.45) is 1.66. The maximum atomic E-state index is 11.9. The highest BCUT2D eigenvalue weighted by atomic mass is 32.2. The van der Waals surface area contributed by atoms with E-state index in [0.717, 1.165) is 23.8 Å². The Hall–Kier alpha value is -1.14. The van der Waals surface area contributed by atoms with Crippen molar-refractivity contribution in [3.63, 3.8) is 0 Å². The van der Waals surface area contributed by atoms with Crippen molar-refractivity contribution in [2.45, 2.75) is 12.2 Å². The van der Waals surface area contributed by atoms with Gasteiger partial charge in [-0.2, -0.15) is 11.8 Å². The van der Waals surface area contributed by atoms with Crippen molar-refractivity contribution in [1.82, 2.24) is 5.32 Å². The fraction of sp³-hybridized carbons (Fsp3) is 0.462. The molecule has 19 heavy (non-hydrogen) atoms. The summed E-state index contributed by atoms with van der Waals surface area (Å²) in [4.78, 5) is 14.8. The molecule has 0 saturated carbocycles. The minimum Gasteiger partial charge on any atom is -0.397 e. The molecule has 1 aliphatic rings. The van der Waals surface area contributed by atoms with E-state index < -0.39 is 0 Å². The van der Waals surface area contributed by atoms with E-state index in [-0.39, 0.29) is 5.91 Å². The summed E-state index contributed by atoms with van der Waals surface area (Å²) < 4.78 is 0. The van der Waals surface area contributed by atoms with Gasteiger partial charge < -0.3 is 16.0 Å². The molecule has 2 rings (SSSR count). The summed E-state index contributed by atoms with van der Waals surface area (Å²) in [6.45, 7) is 8.30. The van der Waals surface area contributed by atoms with Crippen molar-refractivity contribution in [2.24, 2.45) is 0 Å². The molecule has 6 heteroatoms. The molecular weight excluding hydrogens is 278 g/mol. The molecule has 2 heterocycles. The Labute approximate surface area is 122 Å². The van der Waals surface area contributed by atoms with Crippen LogP contribution in [0.15, 0.2) is 18.7 Å². The molecule has 1 unspecified atom stereocenters. The van der Waals surface area contributed by atoms with Crippen molar-refractivity contribution >= 4 is 39.7 Å². The third-order valence-corrected chi connectivity index (χ3v) is 5.26. The van der Waals surface area contributed by atoms with Gasteiger partial charge in [-0.1, -0.05) is 13.0 Å². The van der Waals surface area contributed by atoms with E-state index in [9.17, 15) is 4.79 Å². The minimum absolute atomic E-state index is 0.118. The van der Waals surface area contributed by atoms with Crippen molar-refractivity contribution < 1.29 is 4.79 Å². The zero-order valence-corrected chi connectivity index (χ0v) is 12.6. The zero-order valence-electron chi connectivity index (χ0n) is 11.0. The molecule has 104 valence electrons. The van der Waals surface area contributed by atoms with Gasteiger partial charge in [-0.25, -0.2) is 0 Å². The van der Waals surface area contributed by atoms with Crippen LogP contribution in [0.3, 0.4) is 0 Å². The molecule has 1 aliphatic heterocycles. The molecule has 0 bridgehead atoms. The largest absolute Gasteiger partial charge is 0.397 e. The van der Waals surface area contributed by atoms with Gasteiger partial charge in [0.25, 0.3) is 5.91 Å². The fourth-order valence-electron chi connectivity index (χ4n) is 1.99. The van der Waals surface area contributed by atoms with E-state index >= 15 is 0 Å². The molecule has 0 spiro atoms. The van der Waals surface area contributed by atoms with E-state index in [1.165, 1.54) is 11.3 Å². The first-order chi connectivity index (χ1) is 9.11. The first-order valence-corrected chi connectivity index (χ1v) is 8.13. The number of hydrogen-bond donors (Lipinski definition) is 2. The molecule has 1 aromatic heterocycles. The third kappa shape index (κ3) is 3.45. The third-order valence-electron chi connectivity index (χ3n) is 2.91. The first kappa shape index (κ1) is 14.3. The minimum atomic E-state index is -0.118. The van der Waals surface area contributed by atoms with Gasteiger partial charge in [-0.15, -0.1) is 17.9 Å². The summed E-state index contributed by atoms with van der Waals surface area (Å²) in [6, 6.07) is 1.91. The number of nitrogens with zero attached hydrogens (tertiary/aromatic N) is 1. The number of nitrogens with one attached hydrogen (secondary N) is 1. The molecule has 0 radical (unpaired) electrons. The monoisotopic (exact) mass is 297 g/mol. The molecule has 1 amide bonds. The van der Waals surface area contributed by atoms with Gasteiger partial charge in [-0.05, 0) is 6.07 Å². The lowest BCUT2D eigenvalue weighted by atomic mass is 10.3. The highest BCUT2D eigenvalue weighted by Gasteiger charge is 2.21. The molecule has 1 saturated heterocycles. The number of thioether (sulfide) groups is 1. The molecule has 1 aromatic rings. The number of nitrogen functional groups attached to an aromatic ring is 1. The lowest BCUT2D eigenvalue weighted by Gasteiger charge is -2.31. The van der Waals surface area contributed by atoms with Crippen LogP contribution in [0.4, 0.5) is 10.7 Å². The quantitative estimate of drug-likeness (QED) is 0.837. The van der Waals surface area contributed by atoms with Gasteiger partial charge in [0.1, 0.15) is 4.88 Å². The Balaban J connectivity index is 2.11. The second-order valence-corrected chi connectivity index (χ2v) is 7.07. The Morgan fingerprint density at radius 3 is 3.21 bits per heavy atom. The molecule has 4 nitrogen and oxygen atoms in total. The molecule has 3 N–H and O–H groups in total. The van der Waals surface area contributed by atoms with Crippen LogP contribution in [0.1, 0.15) is 16.6 Å². The van der Waals surface area contributed by atoms with Crippen LogP contribution >= 0.6 is 23.1 Å². The predicted molar refractivity (Wildman–Crippen MR) is 85.4 cm³/mol. The topological polar surface area (TPSA) is 58.4 Å². The molecular formula is C13H19N3OS2. The number of nitrogens with two attached hydrogens (primary N) is 1. The SMILES string of the molecule is C=CCNC(=O)c1sc(N2CCSC(C)C2)cc1N. The van der Waals surface area contributed by atoms with Crippen molar-refractivity contribution in [3.8, 4) is 0 Å². The Bertz CT molecular complexity index is 472. The fourth-order valence-corrected chi connectivity index (χ4v) is 4.03. The van der Waals surface area contributed by atoms with Crippen LogP contribution in [0.2, 0.25) is 0 Å². The number of carbonyl (C=O) groups is 1. The lowest BCUT2D eigenvalue weighted by Crippen LogP contribution is -2.36. The lowest BCUT2D eigenvalue weighted by molar-refractivity contribution is 0.0963. The van der Waals surface area contributed by atoms with Gasteiger partial charge in [0.2, 0.25) is 0 Å². The van der Waals surface area contributed by atoms with Gasteiger partial charge in [0.05, 0.1) is 10.7 Å². The van der Waals surface area contributed by atoms with E-state index in [0.29, 0.717) is 22.4 Å². The number of anilines is 2. The number of hydrogen-bond acceptors (Lipinski definition) is 5. The highest BCUT2D eigenvalue weighted by Crippen LogP contribution is 2.34. The average molecular weight is 297 g/mol. The number of amides is 1. The second kappa shape index (κ2) is 6.34. The second-order valence-electron chi connectivity index (χ2n) is 4.50. The summed E-state index contributed by atoms with van der Waals surface area (Å²) in [5.74, 6) is 1.00. The van der Waals surface area contributed by atoms with Crippen LogP contribution < -0.4 is 16.0 Å². The maximum Gasteiger partial charge on any atom is 0.263 e. The summed E-state index contributed by atoms with van der Waals surface area (Å²) >= 11 is 3.46. The van der Waals surface area contributed by atoms with Gasteiger partial charge >= 0.3 is 0 Å². The Morgan fingerprint density at radius 2 is 2.53 bits per heavy atom. The van der Waals surface area contributed by atoms with Crippen LogP contribution in [0.25, 0.3) is 0 Å². The van der Waals surface area contributed by atoms with E-state index in [1.54, 1.807) is 6.08 Å². The van der Waals surface area contributed by atoms with Crippen molar-refractivity contribution in [3.05, 3.63) is 23.6 Å². The van der Waals surface area contributed by atoms with Crippen LogP contribution in [0, 0.1) is 0 Å². The number of rotatable bonds is 4.